The van der Waals surface area contributed by atoms with Gasteiger partial charge in [-0.25, -0.2) is 10.2 Å². The third kappa shape index (κ3) is 4.75. The molecule has 0 saturated carbocycles. The maximum Gasteiger partial charge on any atom is 0.427 e. The first-order valence-electron chi connectivity index (χ1n) is 4.51. The smallest absolute Gasteiger partial charge is 0.427 e. The normalized spacial score (nSPS) is 11.5. The van der Waals surface area contributed by atoms with Gasteiger partial charge in [-0.2, -0.15) is 5.10 Å². The fraction of sp³-hybridized carbons (Fsp3) is 0.0909. The van der Waals surface area contributed by atoms with Crippen molar-refractivity contribution in [3.63, 3.8) is 0 Å². The van der Waals surface area contributed by atoms with Crippen LogP contribution in [0, 0.1) is 0 Å². The molecule has 1 rings (SSSR count). The highest BCUT2D eigenvalue weighted by Gasteiger charge is 1.93. The number of hydrogen-bond acceptors (Lipinski definition) is 3. The van der Waals surface area contributed by atoms with E-state index in [1.54, 1.807) is 0 Å². The van der Waals surface area contributed by atoms with Crippen molar-refractivity contribution in [3.8, 4) is 0 Å². The number of methoxy groups -OCH3 is 1. The van der Waals surface area contributed by atoms with Crippen molar-refractivity contribution in [3.05, 3.63) is 40.4 Å². The summed E-state index contributed by atoms with van der Waals surface area (Å²) >= 11 is 3.31. The number of benzene rings is 1. The van der Waals surface area contributed by atoms with Crippen LogP contribution in [0.15, 0.2) is 39.9 Å². The topological polar surface area (TPSA) is 50.7 Å². The van der Waals surface area contributed by atoms with Crippen LogP contribution in [0.3, 0.4) is 0 Å². The molecule has 1 aromatic carbocycles. The second kappa shape index (κ2) is 6.79. The van der Waals surface area contributed by atoms with Gasteiger partial charge in [0.15, 0.2) is 0 Å². The Hall–Kier alpha value is -1.62. The van der Waals surface area contributed by atoms with Crippen molar-refractivity contribution in [2.45, 2.75) is 0 Å². The predicted octanol–water partition coefficient (Wildman–Crippen LogP) is 2.76. The Balaban J connectivity index is 2.55. The molecule has 0 bridgehead atoms. The average molecular weight is 283 g/mol. The molecule has 0 aliphatic carbocycles. The summed E-state index contributed by atoms with van der Waals surface area (Å²) in [7, 11) is 1.28. The molecule has 0 aromatic heterocycles. The molecule has 0 aliphatic heterocycles. The van der Waals surface area contributed by atoms with Gasteiger partial charge in [-0.15, -0.1) is 0 Å². The summed E-state index contributed by atoms with van der Waals surface area (Å²) in [6, 6.07) is 9.75. The highest BCUT2D eigenvalue weighted by molar-refractivity contribution is 9.12. The van der Waals surface area contributed by atoms with Crippen molar-refractivity contribution in [2.24, 2.45) is 5.10 Å². The van der Waals surface area contributed by atoms with Gasteiger partial charge < -0.3 is 4.74 Å². The maximum absolute atomic E-state index is 10.7. The van der Waals surface area contributed by atoms with Gasteiger partial charge in [0.1, 0.15) is 0 Å². The van der Waals surface area contributed by atoms with E-state index < -0.39 is 6.09 Å². The summed E-state index contributed by atoms with van der Waals surface area (Å²) in [5, 5.41) is 3.67. The van der Waals surface area contributed by atoms with Crippen LogP contribution in [0.1, 0.15) is 5.56 Å². The quantitative estimate of drug-likeness (QED) is 0.685. The van der Waals surface area contributed by atoms with Gasteiger partial charge in [-0.3, -0.25) is 0 Å². The molecule has 4 nitrogen and oxygen atoms in total. The van der Waals surface area contributed by atoms with Crippen molar-refractivity contribution >= 4 is 34.3 Å². The number of amides is 1. The van der Waals surface area contributed by atoms with E-state index in [2.05, 4.69) is 31.2 Å². The van der Waals surface area contributed by atoms with Crippen LogP contribution in [0.25, 0.3) is 6.08 Å². The van der Waals surface area contributed by atoms with Crippen molar-refractivity contribution in [1.29, 1.82) is 0 Å². The Morgan fingerprint density at radius 3 is 2.75 bits per heavy atom. The predicted molar refractivity (Wildman–Crippen MR) is 67.4 cm³/mol. The molecule has 5 heteroatoms. The molecular weight excluding hydrogens is 272 g/mol. The van der Waals surface area contributed by atoms with Gasteiger partial charge in [-0.05, 0) is 27.6 Å². The first-order chi connectivity index (χ1) is 7.72. The van der Waals surface area contributed by atoms with Gasteiger partial charge >= 0.3 is 6.09 Å². The highest BCUT2D eigenvalue weighted by atomic mass is 79.9. The molecule has 0 atom stereocenters. The average Bonchev–Trinajstić information content (AvgIpc) is 2.30. The summed E-state index contributed by atoms with van der Waals surface area (Å²) in [5.41, 5.74) is 3.23. The lowest BCUT2D eigenvalue weighted by molar-refractivity contribution is 0.171. The van der Waals surface area contributed by atoms with E-state index in [0.717, 1.165) is 10.0 Å². The molecule has 0 unspecified atom stereocenters. The molecular formula is C11H11BrN2O2. The third-order valence-electron chi connectivity index (χ3n) is 1.63. The number of hydrogen-bond donors (Lipinski definition) is 1. The standard InChI is InChI=1S/C11H11BrN2O2/c1-16-11(15)14-13-8-10(12)7-9-5-3-2-4-6-9/h2-8H,1H3,(H,14,15)/b10-7-,13-8-. The largest absolute Gasteiger partial charge is 0.452 e. The summed E-state index contributed by atoms with van der Waals surface area (Å²) < 4.78 is 5.10. The first kappa shape index (κ1) is 12.4. The van der Waals surface area contributed by atoms with Gasteiger partial charge in [0.05, 0.1) is 13.3 Å². The molecule has 0 aliphatic rings. The Labute approximate surface area is 102 Å². The lowest BCUT2D eigenvalue weighted by Gasteiger charge is -1.95. The number of halogens is 1. The first-order valence-corrected chi connectivity index (χ1v) is 5.31. The number of nitrogens with zero attached hydrogens (tertiary/aromatic N) is 1. The number of ether oxygens (including phenoxy) is 1. The number of hydrazone groups is 1. The molecule has 0 spiro atoms. The fourth-order valence-electron chi connectivity index (χ4n) is 0.938. The van der Waals surface area contributed by atoms with Crippen LogP contribution in [0.4, 0.5) is 4.79 Å². The summed E-state index contributed by atoms with van der Waals surface area (Å²) in [6.45, 7) is 0. The van der Waals surface area contributed by atoms with Crippen molar-refractivity contribution in [1.82, 2.24) is 5.43 Å². The minimum atomic E-state index is -0.601. The van der Waals surface area contributed by atoms with Crippen LogP contribution < -0.4 is 5.43 Å². The minimum absolute atomic E-state index is 0.601. The molecule has 0 saturated heterocycles. The zero-order valence-corrected chi connectivity index (χ0v) is 10.3. The second-order valence-corrected chi connectivity index (χ2v) is 3.72. The molecule has 1 N–H and O–H groups in total. The summed E-state index contributed by atoms with van der Waals surface area (Å²) in [6.07, 6.45) is 2.75. The lowest BCUT2D eigenvalue weighted by Crippen LogP contribution is -2.16. The van der Waals surface area contributed by atoms with Crippen LogP contribution >= 0.6 is 15.9 Å². The zero-order chi connectivity index (χ0) is 11.8. The van der Waals surface area contributed by atoms with Crippen LogP contribution in [0.2, 0.25) is 0 Å². The molecule has 84 valence electrons. The highest BCUT2D eigenvalue weighted by Crippen LogP contribution is 2.09. The van der Waals surface area contributed by atoms with Gasteiger partial charge in [0, 0.05) is 4.48 Å². The fourth-order valence-corrected chi connectivity index (χ4v) is 1.30. The van der Waals surface area contributed by atoms with Crippen LogP contribution in [-0.2, 0) is 4.74 Å². The second-order valence-electron chi connectivity index (χ2n) is 2.80. The van der Waals surface area contributed by atoms with E-state index in [1.165, 1.54) is 13.3 Å². The van der Waals surface area contributed by atoms with Crippen LogP contribution in [-0.4, -0.2) is 19.4 Å². The Bertz CT molecular complexity index is 402. The summed E-state index contributed by atoms with van der Waals surface area (Å²) in [5.74, 6) is 0. The molecule has 0 fully saturated rings. The number of allylic oxidation sites excluding steroid dienone is 1. The monoisotopic (exact) mass is 282 g/mol. The molecule has 1 aromatic rings. The van der Waals surface area contributed by atoms with E-state index >= 15 is 0 Å². The van der Waals surface area contributed by atoms with Gasteiger partial charge in [-0.1, -0.05) is 30.3 Å². The van der Waals surface area contributed by atoms with Gasteiger partial charge in [0.2, 0.25) is 0 Å². The minimum Gasteiger partial charge on any atom is -0.452 e. The summed E-state index contributed by atoms with van der Waals surface area (Å²) in [4.78, 5) is 10.7. The SMILES string of the molecule is COC(=O)N/N=C\C(Br)=C\c1ccccc1. The number of carbonyl (C=O) groups excluding carboxylic acids is 1. The number of rotatable bonds is 3. The molecule has 0 heterocycles. The number of nitrogens with one attached hydrogen (secondary N) is 1. The number of carbonyl (C=O) groups is 1. The van der Waals surface area contributed by atoms with Crippen molar-refractivity contribution < 1.29 is 9.53 Å². The molecule has 0 radical (unpaired) electrons. The Morgan fingerprint density at radius 1 is 1.44 bits per heavy atom. The van der Waals surface area contributed by atoms with E-state index in [4.69, 9.17) is 0 Å². The Morgan fingerprint density at radius 2 is 2.12 bits per heavy atom. The lowest BCUT2D eigenvalue weighted by atomic mass is 10.2. The van der Waals surface area contributed by atoms with Crippen LogP contribution in [0.5, 0.6) is 0 Å². The molecule has 1 amide bonds. The van der Waals surface area contributed by atoms with E-state index in [0.29, 0.717) is 0 Å². The van der Waals surface area contributed by atoms with E-state index in [1.807, 2.05) is 36.4 Å². The molecule has 16 heavy (non-hydrogen) atoms. The Kier molecular flexibility index (Phi) is 5.28. The van der Waals surface area contributed by atoms with Crippen molar-refractivity contribution in [2.75, 3.05) is 7.11 Å². The zero-order valence-electron chi connectivity index (χ0n) is 8.68. The van der Waals surface area contributed by atoms with Gasteiger partial charge in [0.25, 0.3) is 0 Å². The maximum atomic E-state index is 10.7. The van der Waals surface area contributed by atoms with E-state index in [-0.39, 0.29) is 0 Å². The van der Waals surface area contributed by atoms with E-state index in [9.17, 15) is 4.79 Å². The third-order valence-corrected chi connectivity index (χ3v) is 2.07.